The molecule has 0 radical (unpaired) electrons. The molecule has 1 aromatic heterocycles. The quantitative estimate of drug-likeness (QED) is 0.676. The van der Waals surface area contributed by atoms with Gasteiger partial charge in [0.15, 0.2) is 0 Å². The van der Waals surface area contributed by atoms with Crippen molar-refractivity contribution in [2.24, 2.45) is 5.92 Å². The first-order valence-electron chi connectivity index (χ1n) is 8.61. The van der Waals surface area contributed by atoms with Crippen molar-refractivity contribution in [3.8, 4) is 6.07 Å². The van der Waals surface area contributed by atoms with Crippen LogP contribution >= 0.6 is 0 Å². The van der Waals surface area contributed by atoms with Crippen molar-refractivity contribution < 1.29 is 0 Å². The van der Waals surface area contributed by atoms with Gasteiger partial charge in [0.2, 0.25) is 0 Å². The van der Waals surface area contributed by atoms with Gasteiger partial charge in [0.05, 0.1) is 11.6 Å². The van der Waals surface area contributed by atoms with E-state index < -0.39 is 0 Å². The lowest BCUT2D eigenvalue weighted by molar-refractivity contribution is 0.627. The maximum Gasteiger partial charge on any atom is 0.0992 e. The van der Waals surface area contributed by atoms with Crippen LogP contribution in [0.4, 0.5) is 0 Å². The third kappa shape index (κ3) is 3.06. The van der Waals surface area contributed by atoms with Crippen molar-refractivity contribution in [2.75, 3.05) is 13.1 Å². The summed E-state index contributed by atoms with van der Waals surface area (Å²) in [5.41, 5.74) is 4.59. The summed E-state index contributed by atoms with van der Waals surface area (Å²) in [5, 5.41) is 13.9. The van der Waals surface area contributed by atoms with E-state index in [1.54, 1.807) is 0 Å². The Morgan fingerprint density at radius 3 is 2.88 bits per heavy atom. The second kappa shape index (κ2) is 6.51. The number of benzene rings is 2. The number of rotatable bonds is 6. The van der Waals surface area contributed by atoms with E-state index in [1.165, 1.54) is 22.9 Å². The average molecular weight is 315 g/mol. The van der Waals surface area contributed by atoms with E-state index in [0.717, 1.165) is 30.9 Å². The van der Waals surface area contributed by atoms with Gasteiger partial charge in [0, 0.05) is 17.1 Å². The predicted molar refractivity (Wildman–Crippen MR) is 96.9 cm³/mol. The lowest BCUT2D eigenvalue weighted by atomic mass is 10.1. The van der Waals surface area contributed by atoms with Gasteiger partial charge in [-0.2, -0.15) is 5.26 Å². The van der Waals surface area contributed by atoms with E-state index >= 15 is 0 Å². The Labute approximate surface area is 142 Å². The highest BCUT2D eigenvalue weighted by Gasteiger charge is 2.39. The Balaban J connectivity index is 1.31. The van der Waals surface area contributed by atoms with Gasteiger partial charge in [-0.15, -0.1) is 0 Å². The summed E-state index contributed by atoms with van der Waals surface area (Å²) >= 11 is 0. The minimum Gasteiger partial charge on any atom is -0.361 e. The molecule has 0 spiro atoms. The van der Waals surface area contributed by atoms with Crippen LogP contribution in [0.3, 0.4) is 0 Å². The van der Waals surface area contributed by atoms with Crippen LogP contribution in [0.25, 0.3) is 10.9 Å². The predicted octanol–water partition coefficient (Wildman–Crippen LogP) is 3.98. The monoisotopic (exact) mass is 315 g/mol. The Kier molecular flexibility index (Phi) is 4.06. The van der Waals surface area contributed by atoms with Crippen LogP contribution in [-0.2, 0) is 6.42 Å². The zero-order valence-electron chi connectivity index (χ0n) is 13.6. The second-order valence-electron chi connectivity index (χ2n) is 6.66. The highest BCUT2D eigenvalue weighted by molar-refractivity contribution is 5.85. The summed E-state index contributed by atoms with van der Waals surface area (Å²) in [6.45, 7) is 2.12. The molecule has 3 nitrogen and oxygen atoms in total. The molecule has 0 saturated heterocycles. The fraction of sp³-hybridized carbons (Fsp3) is 0.286. The highest BCUT2D eigenvalue weighted by Crippen LogP contribution is 2.49. The SMILES string of the molecule is N#Cc1ccc2c(C3CC3CNCCc3ccccc3)c[nH]c2c1. The molecule has 1 saturated carbocycles. The normalized spacial score (nSPS) is 19.3. The van der Waals surface area contributed by atoms with Gasteiger partial charge < -0.3 is 10.3 Å². The molecule has 1 aliphatic carbocycles. The zero-order chi connectivity index (χ0) is 16.4. The molecule has 0 amide bonds. The second-order valence-corrected chi connectivity index (χ2v) is 6.66. The molecule has 2 aromatic carbocycles. The van der Waals surface area contributed by atoms with Crippen LogP contribution in [0.15, 0.2) is 54.7 Å². The van der Waals surface area contributed by atoms with E-state index in [2.05, 4.69) is 59.0 Å². The Morgan fingerprint density at radius 1 is 1.17 bits per heavy atom. The van der Waals surface area contributed by atoms with E-state index in [9.17, 15) is 0 Å². The zero-order valence-corrected chi connectivity index (χ0v) is 13.6. The molecular formula is C21H21N3. The van der Waals surface area contributed by atoms with Gasteiger partial charge in [-0.05, 0) is 61.0 Å². The Bertz CT molecular complexity index is 873. The number of nitrogens with zero attached hydrogens (tertiary/aromatic N) is 1. The Morgan fingerprint density at radius 2 is 2.04 bits per heavy atom. The first kappa shape index (κ1) is 15.0. The summed E-state index contributed by atoms with van der Waals surface area (Å²) in [5.74, 6) is 1.38. The topological polar surface area (TPSA) is 51.6 Å². The molecule has 1 aliphatic rings. The first-order chi connectivity index (χ1) is 11.8. The van der Waals surface area contributed by atoms with Crippen LogP contribution in [0.1, 0.15) is 29.0 Å². The van der Waals surface area contributed by atoms with Crippen molar-refractivity contribution >= 4 is 10.9 Å². The molecule has 4 rings (SSSR count). The van der Waals surface area contributed by atoms with E-state index in [1.807, 2.05) is 12.1 Å². The molecule has 24 heavy (non-hydrogen) atoms. The van der Waals surface area contributed by atoms with Gasteiger partial charge in [-0.1, -0.05) is 36.4 Å². The molecule has 3 heteroatoms. The number of fused-ring (bicyclic) bond motifs is 1. The van der Waals surface area contributed by atoms with Gasteiger partial charge >= 0.3 is 0 Å². The molecule has 0 aliphatic heterocycles. The van der Waals surface area contributed by atoms with Crippen LogP contribution in [-0.4, -0.2) is 18.1 Å². The number of hydrogen-bond donors (Lipinski definition) is 2. The lowest BCUT2D eigenvalue weighted by Gasteiger charge is -2.04. The fourth-order valence-electron chi connectivity index (χ4n) is 3.54. The standard InChI is InChI=1S/C21H21N3/c22-12-16-6-7-18-20(14-24-21(18)10-16)19-11-17(19)13-23-9-8-15-4-2-1-3-5-15/h1-7,10,14,17,19,23-24H,8-9,11,13H2. The van der Waals surface area contributed by atoms with E-state index in [0.29, 0.717) is 11.5 Å². The molecule has 2 atom stereocenters. The maximum absolute atomic E-state index is 9.00. The molecule has 2 N–H and O–H groups in total. The molecule has 0 bridgehead atoms. The van der Waals surface area contributed by atoms with Crippen LogP contribution in [0, 0.1) is 17.2 Å². The van der Waals surface area contributed by atoms with Crippen molar-refractivity contribution in [3.05, 3.63) is 71.4 Å². The molecular weight excluding hydrogens is 294 g/mol. The number of aromatic nitrogens is 1. The fourth-order valence-corrected chi connectivity index (χ4v) is 3.54. The van der Waals surface area contributed by atoms with E-state index in [4.69, 9.17) is 5.26 Å². The minimum atomic E-state index is 0.649. The summed E-state index contributed by atoms with van der Waals surface area (Å²) < 4.78 is 0. The third-order valence-corrected chi connectivity index (χ3v) is 5.00. The smallest absolute Gasteiger partial charge is 0.0992 e. The van der Waals surface area contributed by atoms with Gasteiger partial charge in [-0.3, -0.25) is 0 Å². The lowest BCUT2D eigenvalue weighted by Crippen LogP contribution is -2.20. The molecule has 2 unspecified atom stereocenters. The van der Waals surface area contributed by atoms with Gasteiger partial charge in [0.1, 0.15) is 0 Å². The van der Waals surface area contributed by atoms with Gasteiger partial charge in [0.25, 0.3) is 0 Å². The minimum absolute atomic E-state index is 0.649. The number of nitriles is 1. The number of hydrogen-bond acceptors (Lipinski definition) is 2. The molecule has 120 valence electrons. The Hall–Kier alpha value is -2.57. The van der Waals surface area contributed by atoms with Crippen molar-refractivity contribution in [2.45, 2.75) is 18.8 Å². The number of aromatic amines is 1. The maximum atomic E-state index is 9.00. The van der Waals surface area contributed by atoms with Crippen molar-refractivity contribution in [3.63, 3.8) is 0 Å². The summed E-state index contributed by atoms with van der Waals surface area (Å²) in [6, 6.07) is 18.8. The molecule has 3 aromatic rings. The number of nitrogens with one attached hydrogen (secondary N) is 2. The number of H-pyrrole nitrogens is 1. The third-order valence-electron chi connectivity index (χ3n) is 5.00. The van der Waals surface area contributed by atoms with Crippen LogP contribution in [0.5, 0.6) is 0 Å². The van der Waals surface area contributed by atoms with Crippen LogP contribution in [0.2, 0.25) is 0 Å². The van der Waals surface area contributed by atoms with Gasteiger partial charge in [-0.25, -0.2) is 0 Å². The highest BCUT2D eigenvalue weighted by atomic mass is 14.9. The molecule has 1 fully saturated rings. The average Bonchev–Trinajstić information content (AvgIpc) is 3.28. The van der Waals surface area contributed by atoms with Crippen molar-refractivity contribution in [1.82, 2.24) is 10.3 Å². The summed E-state index contributed by atoms with van der Waals surface area (Å²) in [7, 11) is 0. The summed E-state index contributed by atoms with van der Waals surface area (Å²) in [6.07, 6.45) is 4.47. The van der Waals surface area contributed by atoms with E-state index in [-0.39, 0.29) is 0 Å². The van der Waals surface area contributed by atoms with Crippen molar-refractivity contribution in [1.29, 1.82) is 5.26 Å². The van der Waals surface area contributed by atoms with Crippen LogP contribution < -0.4 is 5.32 Å². The largest absolute Gasteiger partial charge is 0.361 e. The first-order valence-corrected chi connectivity index (χ1v) is 8.61. The summed E-state index contributed by atoms with van der Waals surface area (Å²) in [4.78, 5) is 3.32. The molecule has 1 heterocycles.